The van der Waals surface area contributed by atoms with Crippen LogP contribution in [0.1, 0.15) is 24.2 Å². The molecule has 2 rings (SSSR count). The Morgan fingerprint density at radius 2 is 2.40 bits per heavy atom. The van der Waals surface area contributed by atoms with Gasteiger partial charge in [-0.1, -0.05) is 6.07 Å². The average Bonchev–Trinajstić information content (AvgIpc) is 2.78. The normalized spacial score (nSPS) is 12.7. The Kier molecular flexibility index (Phi) is 3.02. The molecule has 4 heteroatoms. The molecule has 3 nitrogen and oxygen atoms in total. The topological polar surface area (TPSA) is 30.7 Å². The van der Waals surface area contributed by atoms with Gasteiger partial charge in [-0.25, -0.2) is 4.98 Å². The highest BCUT2D eigenvalue weighted by molar-refractivity contribution is 6.16. The fourth-order valence-electron chi connectivity index (χ4n) is 1.46. The van der Waals surface area contributed by atoms with Crippen molar-refractivity contribution in [3.8, 4) is 0 Å². The van der Waals surface area contributed by atoms with E-state index in [1.807, 2.05) is 23.0 Å². The van der Waals surface area contributed by atoms with Crippen LogP contribution in [0.4, 0.5) is 0 Å². The smallest absolute Gasteiger partial charge is 0.0955 e. The Hall–Kier alpha value is -1.35. The third kappa shape index (κ3) is 2.18. The molecule has 1 atom stereocenters. The summed E-state index contributed by atoms with van der Waals surface area (Å²) in [5.74, 6) is 0.451. The molecule has 2 aromatic rings. The van der Waals surface area contributed by atoms with Gasteiger partial charge < -0.3 is 4.57 Å². The first-order chi connectivity index (χ1) is 7.31. The highest BCUT2D eigenvalue weighted by Gasteiger charge is 2.07. The zero-order chi connectivity index (χ0) is 10.7. The molecule has 0 radical (unpaired) electrons. The van der Waals surface area contributed by atoms with Gasteiger partial charge in [0.05, 0.1) is 23.9 Å². The zero-order valence-electron chi connectivity index (χ0n) is 8.47. The molecule has 0 fully saturated rings. The molecule has 1 unspecified atom stereocenters. The molecule has 0 saturated heterocycles. The maximum absolute atomic E-state index is 5.70. The molecule has 0 bridgehead atoms. The number of imidazole rings is 1. The van der Waals surface area contributed by atoms with E-state index >= 15 is 0 Å². The first kappa shape index (κ1) is 10.2. The van der Waals surface area contributed by atoms with Crippen molar-refractivity contribution in [3.05, 3.63) is 48.3 Å². The largest absolute Gasteiger partial charge is 0.330 e. The van der Waals surface area contributed by atoms with Crippen molar-refractivity contribution in [2.45, 2.75) is 18.8 Å². The molecule has 0 aromatic carbocycles. The van der Waals surface area contributed by atoms with Gasteiger partial charge in [0, 0.05) is 18.6 Å². The Bertz CT molecular complexity index is 424. The lowest BCUT2D eigenvalue weighted by Crippen LogP contribution is -2.04. The molecule has 2 aromatic heterocycles. The van der Waals surface area contributed by atoms with Gasteiger partial charge in [-0.3, -0.25) is 4.98 Å². The Labute approximate surface area is 93.7 Å². The van der Waals surface area contributed by atoms with Gasteiger partial charge in [0.1, 0.15) is 0 Å². The summed E-state index contributed by atoms with van der Waals surface area (Å²) in [5.41, 5.74) is 2.06. The van der Waals surface area contributed by atoms with Crippen LogP contribution in [0.15, 0.2) is 37.1 Å². The number of aromatic nitrogens is 3. The summed E-state index contributed by atoms with van der Waals surface area (Å²) in [6.45, 7) is 2.11. The fraction of sp³-hybridized carbons (Fsp3) is 0.273. The lowest BCUT2D eigenvalue weighted by molar-refractivity contribution is 0.635. The van der Waals surface area contributed by atoms with Gasteiger partial charge >= 0.3 is 0 Å². The summed E-state index contributed by atoms with van der Waals surface area (Å²) in [7, 11) is 0. The van der Waals surface area contributed by atoms with Crippen molar-refractivity contribution in [2.75, 3.05) is 0 Å². The van der Waals surface area contributed by atoms with Crippen molar-refractivity contribution in [1.82, 2.24) is 14.5 Å². The predicted octanol–water partition coefficient (Wildman–Crippen LogP) is 2.63. The number of pyridine rings is 1. The van der Waals surface area contributed by atoms with E-state index in [0.29, 0.717) is 5.88 Å². The Morgan fingerprint density at radius 3 is 3.00 bits per heavy atom. The summed E-state index contributed by atoms with van der Waals surface area (Å²) >= 11 is 5.70. The number of hydrogen-bond acceptors (Lipinski definition) is 2. The minimum Gasteiger partial charge on any atom is -0.330 e. The van der Waals surface area contributed by atoms with Crippen LogP contribution in [-0.2, 0) is 5.88 Å². The second-order valence-electron chi connectivity index (χ2n) is 3.41. The van der Waals surface area contributed by atoms with E-state index in [9.17, 15) is 0 Å². The van der Waals surface area contributed by atoms with Crippen LogP contribution in [0.5, 0.6) is 0 Å². The van der Waals surface area contributed by atoms with E-state index in [2.05, 4.69) is 23.0 Å². The monoisotopic (exact) mass is 221 g/mol. The molecule has 0 saturated carbocycles. The quantitative estimate of drug-likeness (QED) is 0.746. The number of hydrogen-bond donors (Lipinski definition) is 0. The molecule has 2 heterocycles. The number of rotatable bonds is 3. The number of halogens is 1. The summed E-state index contributed by atoms with van der Waals surface area (Å²) in [6, 6.07) is 4.23. The number of nitrogens with zero attached hydrogens (tertiary/aromatic N) is 3. The van der Waals surface area contributed by atoms with Crippen molar-refractivity contribution in [1.29, 1.82) is 0 Å². The van der Waals surface area contributed by atoms with Crippen molar-refractivity contribution in [2.24, 2.45) is 0 Å². The molecule has 0 aliphatic carbocycles. The molecule has 0 aliphatic heterocycles. The molecule has 0 aliphatic rings. The highest BCUT2D eigenvalue weighted by Crippen LogP contribution is 2.16. The van der Waals surface area contributed by atoms with Crippen molar-refractivity contribution >= 4 is 11.6 Å². The van der Waals surface area contributed by atoms with Crippen molar-refractivity contribution in [3.63, 3.8) is 0 Å². The molecule has 0 amide bonds. The summed E-state index contributed by atoms with van der Waals surface area (Å²) in [5, 5.41) is 0. The molecule has 15 heavy (non-hydrogen) atoms. The minimum atomic E-state index is 0.239. The molecule has 78 valence electrons. The van der Waals surface area contributed by atoms with E-state index < -0.39 is 0 Å². The van der Waals surface area contributed by atoms with E-state index in [-0.39, 0.29) is 6.04 Å². The highest BCUT2D eigenvalue weighted by atomic mass is 35.5. The summed E-state index contributed by atoms with van der Waals surface area (Å²) < 4.78 is 2.04. The SMILES string of the molecule is CC(c1cccnc1)n1cnc(CCl)c1. The molecular formula is C11H12ClN3. The Morgan fingerprint density at radius 1 is 1.53 bits per heavy atom. The van der Waals surface area contributed by atoms with Gasteiger partial charge in [0.15, 0.2) is 0 Å². The van der Waals surface area contributed by atoms with Crippen LogP contribution < -0.4 is 0 Å². The molecule has 0 N–H and O–H groups in total. The lowest BCUT2D eigenvalue weighted by atomic mass is 10.1. The van der Waals surface area contributed by atoms with Gasteiger partial charge in [0.25, 0.3) is 0 Å². The van der Waals surface area contributed by atoms with E-state index in [4.69, 9.17) is 11.6 Å². The average molecular weight is 222 g/mol. The maximum Gasteiger partial charge on any atom is 0.0955 e. The van der Waals surface area contributed by atoms with Crippen LogP contribution in [0.3, 0.4) is 0 Å². The van der Waals surface area contributed by atoms with Crippen LogP contribution >= 0.6 is 11.6 Å². The standard InChI is InChI=1S/C11H12ClN3/c1-9(10-3-2-4-13-6-10)15-7-11(5-12)14-8-15/h2-4,6-9H,5H2,1H3. The molecule has 0 spiro atoms. The summed E-state index contributed by atoms with van der Waals surface area (Å²) in [4.78, 5) is 8.29. The summed E-state index contributed by atoms with van der Waals surface area (Å²) in [6.07, 6.45) is 7.40. The van der Waals surface area contributed by atoms with Crippen LogP contribution in [0, 0.1) is 0 Å². The van der Waals surface area contributed by atoms with Crippen LogP contribution in [0.2, 0.25) is 0 Å². The van der Waals surface area contributed by atoms with E-state index in [0.717, 1.165) is 11.3 Å². The fourth-order valence-corrected chi connectivity index (χ4v) is 1.59. The van der Waals surface area contributed by atoms with Crippen LogP contribution in [0.25, 0.3) is 0 Å². The predicted molar refractivity (Wildman–Crippen MR) is 59.8 cm³/mol. The second-order valence-corrected chi connectivity index (χ2v) is 3.68. The third-order valence-electron chi connectivity index (χ3n) is 2.41. The minimum absolute atomic E-state index is 0.239. The van der Waals surface area contributed by atoms with Crippen molar-refractivity contribution < 1.29 is 0 Å². The Balaban J connectivity index is 2.24. The van der Waals surface area contributed by atoms with Gasteiger partial charge in [-0.05, 0) is 18.6 Å². The van der Waals surface area contributed by atoms with E-state index in [1.165, 1.54) is 0 Å². The third-order valence-corrected chi connectivity index (χ3v) is 2.68. The van der Waals surface area contributed by atoms with Gasteiger partial charge in [-0.15, -0.1) is 11.6 Å². The first-order valence-corrected chi connectivity index (χ1v) is 5.33. The first-order valence-electron chi connectivity index (χ1n) is 4.79. The zero-order valence-corrected chi connectivity index (χ0v) is 9.22. The van der Waals surface area contributed by atoms with Gasteiger partial charge in [-0.2, -0.15) is 0 Å². The van der Waals surface area contributed by atoms with Crippen LogP contribution in [-0.4, -0.2) is 14.5 Å². The molecular weight excluding hydrogens is 210 g/mol. The van der Waals surface area contributed by atoms with E-state index in [1.54, 1.807) is 12.5 Å². The van der Waals surface area contributed by atoms with Gasteiger partial charge in [0.2, 0.25) is 0 Å². The lowest BCUT2D eigenvalue weighted by Gasteiger charge is -2.12. The maximum atomic E-state index is 5.70. The number of alkyl halides is 1. The second kappa shape index (κ2) is 4.45.